The summed E-state index contributed by atoms with van der Waals surface area (Å²) in [5.74, 6) is 0.584. The van der Waals surface area contributed by atoms with Crippen LogP contribution in [0.4, 0.5) is 5.69 Å². The van der Waals surface area contributed by atoms with Crippen molar-refractivity contribution in [2.24, 2.45) is 5.92 Å². The van der Waals surface area contributed by atoms with Gasteiger partial charge in [0.15, 0.2) is 5.69 Å². The van der Waals surface area contributed by atoms with E-state index in [1.165, 1.54) is 0 Å². The van der Waals surface area contributed by atoms with E-state index in [-0.39, 0.29) is 5.91 Å². The molecule has 112 valence electrons. The molecule has 0 bridgehead atoms. The summed E-state index contributed by atoms with van der Waals surface area (Å²) < 4.78 is 0. The second kappa shape index (κ2) is 6.29. The van der Waals surface area contributed by atoms with E-state index >= 15 is 0 Å². The van der Waals surface area contributed by atoms with Gasteiger partial charge in [0.05, 0.1) is 11.4 Å². The van der Waals surface area contributed by atoms with E-state index in [0.717, 1.165) is 44.3 Å². The summed E-state index contributed by atoms with van der Waals surface area (Å²) in [5.41, 5.74) is 7.89. The number of hydrogen-bond acceptors (Lipinski definition) is 3. The minimum absolute atomic E-state index is 0.00995. The summed E-state index contributed by atoms with van der Waals surface area (Å²) in [6.07, 6.45) is 5.06. The molecule has 1 aliphatic rings. The topological polar surface area (TPSA) is 75.0 Å². The number of nitrogens with two attached hydrogens (primary N) is 1. The lowest BCUT2D eigenvalue weighted by atomic mass is 10.1. The number of rotatable bonds is 7. The SMILES string of the molecule is CCCc1[nH]nc(C(=O)N(CCC(C)C)C2CC2)c1N. The van der Waals surface area contributed by atoms with Crippen LogP contribution in [0.15, 0.2) is 0 Å². The molecule has 1 amide bonds. The number of anilines is 1. The summed E-state index contributed by atoms with van der Waals surface area (Å²) in [5, 5.41) is 7.06. The number of aryl methyl sites for hydroxylation is 1. The number of hydrogen-bond donors (Lipinski definition) is 2. The van der Waals surface area contributed by atoms with E-state index in [4.69, 9.17) is 5.73 Å². The maximum absolute atomic E-state index is 12.6. The third-order valence-electron chi connectivity index (χ3n) is 3.78. The first kappa shape index (κ1) is 14.9. The quantitative estimate of drug-likeness (QED) is 0.805. The first-order chi connectivity index (χ1) is 9.54. The van der Waals surface area contributed by atoms with Crippen LogP contribution in [0.25, 0.3) is 0 Å². The zero-order valence-electron chi connectivity index (χ0n) is 12.8. The second-order valence-electron chi connectivity index (χ2n) is 6.13. The summed E-state index contributed by atoms with van der Waals surface area (Å²) in [4.78, 5) is 14.6. The van der Waals surface area contributed by atoms with Crippen molar-refractivity contribution in [3.63, 3.8) is 0 Å². The average molecular weight is 278 g/mol. The van der Waals surface area contributed by atoms with Crippen LogP contribution in [-0.2, 0) is 6.42 Å². The largest absolute Gasteiger partial charge is 0.395 e. The second-order valence-corrected chi connectivity index (χ2v) is 6.13. The Balaban J connectivity index is 2.10. The van der Waals surface area contributed by atoms with E-state index in [0.29, 0.717) is 23.3 Å². The normalized spacial score (nSPS) is 14.8. The van der Waals surface area contributed by atoms with Gasteiger partial charge >= 0.3 is 0 Å². The van der Waals surface area contributed by atoms with Gasteiger partial charge in [-0.05, 0) is 31.6 Å². The first-order valence-electron chi connectivity index (χ1n) is 7.68. The molecule has 0 radical (unpaired) electrons. The molecule has 0 spiro atoms. The van der Waals surface area contributed by atoms with Crippen molar-refractivity contribution in [2.45, 2.75) is 58.9 Å². The van der Waals surface area contributed by atoms with Gasteiger partial charge in [-0.1, -0.05) is 27.2 Å². The van der Waals surface area contributed by atoms with Crippen LogP contribution in [0.3, 0.4) is 0 Å². The molecule has 1 aliphatic carbocycles. The predicted octanol–water partition coefficient (Wildman–Crippen LogP) is 2.60. The monoisotopic (exact) mass is 278 g/mol. The summed E-state index contributed by atoms with van der Waals surface area (Å²) in [7, 11) is 0. The van der Waals surface area contributed by atoms with E-state index in [1.54, 1.807) is 0 Å². The van der Waals surface area contributed by atoms with Crippen molar-refractivity contribution >= 4 is 11.6 Å². The fourth-order valence-corrected chi connectivity index (χ4v) is 2.36. The number of aromatic amines is 1. The standard InChI is InChI=1S/C15H26N4O/c1-4-5-12-13(16)14(18-17-12)15(20)19(11-6-7-11)9-8-10(2)3/h10-11H,4-9,16H2,1-3H3,(H,17,18). The van der Waals surface area contributed by atoms with Crippen LogP contribution in [0.2, 0.25) is 0 Å². The van der Waals surface area contributed by atoms with Gasteiger partial charge in [0.2, 0.25) is 0 Å². The van der Waals surface area contributed by atoms with Crippen LogP contribution < -0.4 is 5.73 Å². The first-order valence-corrected chi connectivity index (χ1v) is 7.68. The molecule has 20 heavy (non-hydrogen) atoms. The van der Waals surface area contributed by atoms with E-state index in [2.05, 4.69) is 31.0 Å². The van der Waals surface area contributed by atoms with E-state index in [9.17, 15) is 4.79 Å². The fourth-order valence-electron chi connectivity index (χ4n) is 2.36. The maximum Gasteiger partial charge on any atom is 0.276 e. The third kappa shape index (κ3) is 3.32. The lowest BCUT2D eigenvalue weighted by molar-refractivity contribution is 0.0730. The van der Waals surface area contributed by atoms with Gasteiger partial charge in [-0.2, -0.15) is 5.10 Å². The highest BCUT2D eigenvalue weighted by Crippen LogP contribution is 2.30. The zero-order chi connectivity index (χ0) is 14.7. The number of aromatic nitrogens is 2. The van der Waals surface area contributed by atoms with Gasteiger partial charge in [-0.3, -0.25) is 9.89 Å². The van der Waals surface area contributed by atoms with Gasteiger partial charge < -0.3 is 10.6 Å². The Morgan fingerprint density at radius 2 is 2.20 bits per heavy atom. The molecule has 5 nitrogen and oxygen atoms in total. The summed E-state index contributed by atoms with van der Waals surface area (Å²) in [6, 6.07) is 0.395. The summed E-state index contributed by atoms with van der Waals surface area (Å²) in [6.45, 7) is 7.24. The van der Waals surface area contributed by atoms with Crippen LogP contribution >= 0.6 is 0 Å². The number of nitrogens with one attached hydrogen (secondary N) is 1. The lowest BCUT2D eigenvalue weighted by Crippen LogP contribution is -2.35. The molecule has 1 heterocycles. The molecule has 0 saturated heterocycles. The highest BCUT2D eigenvalue weighted by atomic mass is 16.2. The van der Waals surface area contributed by atoms with Crippen LogP contribution in [0.5, 0.6) is 0 Å². The van der Waals surface area contributed by atoms with Crippen molar-refractivity contribution in [1.82, 2.24) is 15.1 Å². The predicted molar refractivity (Wildman–Crippen MR) is 80.5 cm³/mol. The zero-order valence-corrected chi connectivity index (χ0v) is 12.8. The highest BCUT2D eigenvalue weighted by Gasteiger charge is 2.34. The van der Waals surface area contributed by atoms with Crippen molar-refractivity contribution in [3.8, 4) is 0 Å². The van der Waals surface area contributed by atoms with Crippen molar-refractivity contribution in [2.75, 3.05) is 12.3 Å². The molecule has 2 rings (SSSR count). The Bertz CT molecular complexity index is 462. The van der Waals surface area contributed by atoms with Crippen molar-refractivity contribution < 1.29 is 4.79 Å². The molecule has 0 atom stereocenters. The van der Waals surface area contributed by atoms with Crippen LogP contribution in [-0.4, -0.2) is 33.6 Å². The molecule has 1 fully saturated rings. The number of nitrogen functional groups attached to an aromatic ring is 1. The molecule has 5 heteroatoms. The molecule has 1 aromatic heterocycles. The van der Waals surface area contributed by atoms with Crippen molar-refractivity contribution in [1.29, 1.82) is 0 Å². The Labute approximate surface area is 120 Å². The molecule has 0 aromatic carbocycles. The Hall–Kier alpha value is -1.52. The molecule has 1 aromatic rings. The van der Waals surface area contributed by atoms with Crippen LogP contribution in [0, 0.1) is 5.92 Å². The van der Waals surface area contributed by atoms with Gasteiger partial charge in [-0.15, -0.1) is 0 Å². The Morgan fingerprint density at radius 3 is 2.75 bits per heavy atom. The van der Waals surface area contributed by atoms with E-state index < -0.39 is 0 Å². The molecule has 1 saturated carbocycles. The molecular weight excluding hydrogens is 252 g/mol. The van der Waals surface area contributed by atoms with Gasteiger partial charge in [-0.25, -0.2) is 0 Å². The van der Waals surface area contributed by atoms with Gasteiger partial charge in [0.1, 0.15) is 0 Å². The Kier molecular flexibility index (Phi) is 4.68. The molecule has 0 aliphatic heterocycles. The fraction of sp³-hybridized carbons (Fsp3) is 0.733. The minimum Gasteiger partial charge on any atom is -0.395 e. The number of H-pyrrole nitrogens is 1. The molecule has 0 unspecified atom stereocenters. The maximum atomic E-state index is 12.6. The third-order valence-corrected chi connectivity index (χ3v) is 3.78. The van der Waals surface area contributed by atoms with Gasteiger partial charge in [0.25, 0.3) is 5.91 Å². The Morgan fingerprint density at radius 1 is 1.50 bits per heavy atom. The smallest absolute Gasteiger partial charge is 0.276 e. The molecular formula is C15H26N4O. The highest BCUT2D eigenvalue weighted by molar-refractivity contribution is 5.98. The lowest BCUT2D eigenvalue weighted by Gasteiger charge is -2.22. The van der Waals surface area contributed by atoms with Crippen molar-refractivity contribution in [3.05, 3.63) is 11.4 Å². The number of carbonyl (C=O) groups is 1. The number of nitrogens with zero attached hydrogens (tertiary/aromatic N) is 2. The average Bonchev–Trinajstić information content (AvgIpc) is 3.16. The summed E-state index contributed by atoms with van der Waals surface area (Å²) >= 11 is 0. The van der Waals surface area contributed by atoms with E-state index in [1.807, 2.05) is 4.90 Å². The molecule has 3 N–H and O–H groups in total. The number of carbonyl (C=O) groups excluding carboxylic acids is 1. The van der Waals surface area contributed by atoms with Gasteiger partial charge in [0, 0.05) is 12.6 Å². The van der Waals surface area contributed by atoms with Crippen LogP contribution in [0.1, 0.15) is 62.6 Å². The number of amides is 1. The minimum atomic E-state index is -0.00995.